The van der Waals surface area contributed by atoms with Crippen LogP contribution in [0.3, 0.4) is 0 Å². The van der Waals surface area contributed by atoms with Crippen LogP contribution in [-0.2, 0) is 4.79 Å². The van der Waals surface area contributed by atoms with E-state index in [9.17, 15) is 4.79 Å². The van der Waals surface area contributed by atoms with Crippen molar-refractivity contribution in [3.8, 4) is 5.75 Å². The molecule has 0 bridgehead atoms. The van der Waals surface area contributed by atoms with Crippen molar-refractivity contribution in [1.82, 2.24) is 5.32 Å². The summed E-state index contributed by atoms with van der Waals surface area (Å²) in [4.78, 5) is 11.3. The third-order valence-electron chi connectivity index (χ3n) is 3.50. The van der Waals surface area contributed by atoms with Gasteiger partial charge in [0.05, 0.1) is 5.69 Å². The van der Waals surface area contributed by atoms with Crippen LogP contribution in [-0.4, -0.2) is 26.1 Å². The van der Waals surface area contributed by atoms with Crippen molar-refractivity contribution in [2.75, 3.05) is 25.5 Å². The lowest BCUT2D eigenvalue weighted by atomic mass is 9.91. The summed E-state index contributed by atoms with van der Waals surface area (Å²) in [5.41, 5.74) is 7.50. The molecule has 104 valence electrons. The zero-order valence-corrected chi connectivity index (χ0v) is 11.4. The number of carbonyl (C=O) groups is 1. The first-order chi connectivity index (χ1) is 9.15. The van der Waals surface area contributed by atoms with Gasteiger partial charge in [-0.05, 0) is 43.6 Å². The van der Waals surface area contributed by atoms with Crippen molar-refractivity contribution in [2.45, 2.75) is 19.4 Å². The van der Waals surface area contributed by atoms with Gasteiger partial charge in [-0.15, -0.1) is 0 Å². The van der Waals surface area contributed by atoms with Gasteiger partial charge < -0.3 is 21.1 Å². The van der Waals surface area contributed by atoms with E-state index in [0.717, 1.165) is 23.4 Å². The molecule has 1 amide bonds. The average molecular weight is 263 g/mol. The Morgan fingerprint density at radius 2 is 2.32 bits per heavy atom. The van der Waals surface area contributed by atoms with Crippen LogP contribution in [0.25, 0.3) is 0 Å². The Bertz CT molecular complexity index is 462. The fraction of sp³-hybridized carbons (Fsp3) is 0.500. The number of benzene rings is 1. The second-order valence-corrected chi connectivity index (χ2v) is 4.91. The van der Waals surface area contributed by atoms with E-state index in [2.05, 4.69) is 17.6 Å². The maximum Gasteiger partial charge on any atom is 0.262 e. The Morgan fingerprint density at radius 3 is 3.00 bits per heavy atom. The van der Waals surface area contributed by atoms with Crippen LogP contribution in [0.15, 0.2) is 18.2 Å². The van der Waals surface area contributed by atoms with Gasteiger partial charge in [-0.3, -0.25) is 4.79 Å². The van der Waals surface area contributed by atoms with Crippen LogP contribution in [0, 0.1) is 5.92 Å². The molecule has 0 aromatic heterocycles. The lowest BCUT2D eigenvalue weighted by Gasteiger charge is -2.26. The number of ether oxygens (including phenoxy) is 1. The third-order valence-corrected chi connectivity index (χ3v) is 3.50. The van der Waals surface area contributed by atoms with Gasteiger partial charge in [0, 0.05) is 6.04 Å². The van der Waals surface area contributed by atoms with E-state index in [1.807, 2.05) is 25.2 Å². The highest BCUT2D eigenvalue weighted by Gasteiger charge is 2.21. The van der Waals surface area contributed by atoms with E-state index in [-0.39, 0.29) is 18.6 Å². The highest BCUT2D eigenvalue weighted by atomic mass is 16.5. The summed E-state index contributed by atoms with van der Waals surface area (Å²) in [5.74, 6) is 1.04. The number of carbonyl (C=O) groups excluding carboxylic acids is 1. The molecular formula is C14H21N3O2. The Hall–Kier alpha value is -1.59. The van der Waals surface area contributed by atoms with Crippen LogP contribution >= 0.6 is 0 Å². The van der Waals surface area contributed by atoms with Gasteiger partial charge in [-0.2, -0.15) is 0 Å². The van der Waals surface area contributed by atoms with Crippen LogP contribution in [0.2, 0.25) is 0 Å². The molecule has 0 aliphatic carbocycles. The summed E-state index contributed by atoms with van der Waals surface area (Å²) in [6, 6.07) is 6.13. The monoisotopic (exact) mass is 263 g/mol. The number of hydrogen-bond acceptors (Lipinski definition) is 4. The number of fused-ring (bicyclic) bond motifs is 1. The van der Waals surface area contributed by atoms with E-state index < -0.39 is 0 Å². The largest absolute Gasteiger partial charge is 0.482 e. The summed E-state index contributed by atoms with van der Waals surface area (Å²) in [5, 5.41) is 6.15. The number of nitrogens with one attached hydrogen (secondary N) is 2. The summed E-state index contributed by atoms with van der Waals surface area (Å²) < 4.78 is 5.36. The van der Waals surface area contributed by atoms with Gasteiger partial charge in [-0.1, -0.05) is 13.0 Å². The predicted octanol–water partition coefficient (Wildman–Crippen LogP) is 1.26. The standard InChI is InChI=1S/C14H21N3O2/c1-9(5-6-15)14(16-2)10-3-4-12-11(7-10)17-13(18)8-19-12/h3-4,7,9,14,16H,5-6,8,15H2,1-2H3,(H,17,18). The molecule has 0 saturated carbocycles. The fourth-order valence-corrected chi connectivity index (χ4v) is 2.50. The van der Waals surface area contributed by atoms with Gasteiger partial charge in [0.2, 0.25) is 0 Å². The summed E-state index contributed by atoms with van der Waals surface area (Å²) >= 11 is 0. The van der Waals surface area contributed by atoms with E-state index in [1.54, 1.807) is 0 Å². The molecule has 2 rings (SSSR count). The first-order valence-corrected chi connectivity index (χ1v) is 6.59. The minimum Gasteiger partial charge on any atom is -0.482 e. The van der Waals surface area contributed by atoms with Crippen LogP contribution in [0.5, 0.6) is 5.75 Å². The zero-order chi connectivity index (χ0) is 13.8. The molecule has 5 nitrogen and oxygen atoms in total. The van der Waals surface area contributed by atoms with Crippen molar-refractivity contribution in [2.24, 2.45) is 11.7 Å². The molecule has 1 aromatic rings. The van der Waals surface area contributed by atoms with E-state index in [4.69, 9.17) is 10.5 Å². The summed E-state index contributed by atoms with van der Waals surface area (Å²) in [6.45, 7) is 2.93. The topological polar surface area (TPSA) is 76.4 Å². The normalized spacial score (nSPS) is 17.1. The molecule has 1 heterocycles. The van der Waals surface area contributed by atoms with E-state index >= 15 is 0 Å². The minimum absolute atomic E-state index is 0.0887. The molecule has 4 N–H and O–H groups in total. The van der Waals surface area contributed by atoms with Crippen LogP contribution in [0.1, 0.15) is 24.9 Å². The second-order valence-electron chi connectivity index (χ2n) is 4.91. The maximum atomic E-state index is 11.3. The minimum atomic E-state index is -0.110. The molecule has 2 unspecified atom stereocenters. The highest BCUT2D eigenvalue weighted by Crippen LogP contribution is 2.33. The smallest absolute Gasteiger partial charge is 0.262 e. The second kappa shape index (κ2) is 6.04. The SMILES string of the molecule is CNC(c1ccc2c(c1)NC(=O)CO2)C(C)CCN. The number of amides is 1. The molecule has 1 aliphatic heterocycles. The van der Waals surface area contributed by atoms with Crippen molar-refractivity contribution in [3.63, 3.8) is 0 Å². The number of nitrogens with two attached hydrogens (primary N) is 1. The number of anilines is 1. The molecule has 0 radical (unpaired) electrons. The first kappa shape index (κ1) is 13.8. The lowest BCUT2D eigenvalue weighted by Crippen LogP contribution is -2.27. The molecular weight excluding hydrogens is 242 g/mol. The number of hydrogen-bond donors (Lipinski definition) is 3. The maximum absolute atomic E-state index is 11.3. The Labute approximate surface area is 113 Å². The van der Waals surface area contributed by atoms with E-state index in [1.165, 1.54) is 0 Å². The molecule has 0 spiro atoms. The summed E-state index contributed by atoms with van der Waals surface area (Å²) in [6.07, 6.45) is 0.950. The van der Waals surface area contributed by atoms with E-state index in [0.29, 0.717) is 12.5 Å². The van der Waals surface area contributed by atoms with Gasteiger partial charge in [0.25, 0.3) is 5.91 Å². The quantitative estimate of drug-likeness (QED) is 0.747. The van der Waals surface area contributed by atoms with Crippen molar-refractivity contribution < 1.29 is 9.53 Å². The van der Waals surface area contributed by atoms with Gasteiger partial charge in [-0.25, -0.2) is 0 Å². The third kappa shape index (κ3) is 3.05. The molecule has 0 fully saturated rings. The van der Waals surface area contributed by atoms with Crippen molar-refractivity contribution in [3.05, 3.63) is 23.8 Å². The van der Waals surface area contributed by atoms with Gasteiger partial charge in [0.1, 0.15) is 5.75 Å². The Kier molecular flexibility index (Phi) is 4.39. The van der Waals surface area contributed by atoms with Crippen molar-refractivity contribution in [1.29, 1.82) is 0 Å². The Morgan fingerprint density at radius 1 is 1.53 bits per heavy atom. The van der Waals surface area contributed by atoms with Crippen molar-refractivity contribution >= 4 is 11.6 Å². The molecule has 5 heteroatoms. The molecule has 1 aliphatic rings. The molecule has 0 saturated heterocycles. The average Bonchev–Trinajstić information content (AvgIpc) is 2.39. The molecule has 2 atom stereocenters. The first-order valence-electron chi connectivity index (χ1n) is 6.59. The zero-order valence-electron chi connectivity index (χ0n) is 11.4. The van der Waals surface area contributed by atoms with Gasteiger partial charge >= 0.3 is 0 Å². The lowest BCUT2D eigenvalue weighted by molar-refractivity contribution is -0.118. The summed E-state index contributed by atoms with van der Waals surface area (Å²) in [7, 11) is 1.94. The fourth-order valence-electron chi connectivity index (χ4n) is 2.50. The molecule has 1 aromatic carbocycles. The molecule has 19 heavy (non-hydrogen) atoms. The predicted molar refractivity (Wildman–Crippen MR) is 75.2 cm³/mol. The number of rotatable bonds is 5. The van der Waals surface area contributed by atoms with Gasteiger partial charge in [0.15, 0.2) is 6.61 Å². The van der Waals surface area contributed by atoms with Crippen LogP contribution < -0.4 is 21.1 Å². The van der Waals surface area contributed by atoms with Crippen LogP contribution in [0.4, 0.5) is 5.69 Å². The Balaban J connectivity index is 2.24. The highest BCUT2D eigenvalue weighted by molar-refractivity contribution is 5.95.